The van der Waals surface area contributed by atoms with Gasteiger partial charge >= 0.3 is 0 Å². The van der Waals surface area contributed by atoms with E-state index in [1.807, 2.05) is 71.5 Å². The summed E-state index contributed by atoms with van der Waals surface area (Å²) in [6, 6.07) is 29.2. The third-order valence-electron chi connectivity index (χ3n) is 7.16. The second-order valence-corrected chi connectivity index (χ2v) is 12.2. The summed E-state index contributed by atoms with van der Waals surface area (Å²) in [5.74, 6) is 0.393. The van der Waals surface area contributed by atoms with Gasteiger partial charge in [0.1, 0.15) is 0 Å². The van der Waals surface area contributed by atoms with Crippen LogP contribution >= 0.6 is 23.1 Å². The van der Waals surface area contributed by atoms with Gasteiger partial charge in [-0.15, -0.1) is 21.5 Å². The molecule has 1 aliphatic heterocycles. The molecule has 3 heterocycles. The van der Waals surface area contributed by atoms with Crippen LogP contribution in [0.2, 0.25) is 0 Å². The van der Waals surface area contributed by atoms with Gasteiger partial charge in [-0.3, -0.25) is 14.2 Å². The monoisotopic (exact) mass is 606 g/mol. The first-order chi connectivity index (χ1) is 21.0. The van der Waals surface area contributed by atoms with Gasteiger partial charge in [-0.2, -0.15) is 5.10 Å². The number of nitrogens with zero attached hydrogens (tertiary/aromatic N) is 5. The van der Waals surface area contributed by atoms with E-state index in [1.165, 1.54) is 17.3 Å². The topological polar surface area (TPSA) is 92.5 Å². The van der Waals surface area contributed by atoms with E-state index in [9.17, 15) is 9.59 Å². The van der Waals surface area contributed by atoms with Crippen LogP contribution in [0.15, 0.2) is 107 Å². The Morgan fingerprint density at radius 1 is 0.930 bits per heavy atom. The molecule has 0 saturated carbocycles. The van der Waals surface area contributed by atoms with Gasteiger partial charge in [0, 0.05) is 17.7 Å². The Labute approximate surface area is 258 Å². The van der Waals surface area contributed by atoms with Crippen LogP contribution in [0, 0.1) is 13.8 Å². The minimum absolute atomic E-state index is 0.111. The van der Waals surface area contributed by atoms with Crippen molar-refractivity contribution in [2.75, 3.05) is 5.75 Å². The molecule has 0 fully saturated rings. The molecule has 0 saturated heterocycles. The summed E-state index contributed by atoms with van der Waals surface area (Å²) < 4.78 is 1.90. The third-order valence-corrected chi connectivity index (χ3v) is 8.99. The lowest BCUT2D eigenvalue weighted by molar-refractivity contribution is -0.130. The Morgan fingerprint density at radius 3 is 2.49 bits per heavy atom. The number of rotatable bonds is 9. The van der Waals surface area contributed by atoms with Crippen molar-refractivity contribution in [3.05, 3.63) is 129 Å². The zero-order valence-electron chi connectivity index (χ0n) is 23.8. The number of hydrogen-bond acceptors (Lipinski definition) is 7. The average molecular weight is 607 g/mol. The molecule has 2 aromatic heterocycles. The summed E-state index contributed by atoms with van der Waals surface area (Å²) in [6.07, 6.45) is 0.657. The van der Waals surface area contributed by atoms with Gasteiger partial charge in [0.05, 0.1) is 28.9 Å². The van der Waals surface area contributed by atoms with Gasteiger partial charge in [0.2, 0.25) is 0 Å². The van der Waals surface area contributed by atoms with Crippen LogP contribution in [0.1, 0.15) is 50.2 Å². The predicted molar refractivity (Wildman–Crippen MR) is 171 cm³/mol. The molecule has 43 heavy (non-hydrogen) atoms. The Kier molecular flexibility index (Phi) is 8.48. The Hall–Kier alpha value is -4.54. The molecule has 216 valence electrons. The first kappa shape index (κ1) is 28.6. The maximum absolute atomic E-state index is 13.8. The van der Waals surface area contributed by atoms with Crippen molar-refractivity contribution in [2.24, 2.45) is 5.10 Å². The molecule has 0 bridgehead atoms. The molecule has 1 N–H and O–H groups in total. The van der Waals surface area contributed by atoms with Gasteiger partial charge in [-0.1, -0.05) is 78.0 Å². The van der Waals surface area contributed by atoms with E-state index in [1.54, 1.807) is 28.5 Å². The number of aryl methyl sites for hydroxylation is 2. The first-order valence-electron chi connectivity index (χ1n) is 13.9. The highest BCUT2D eigenvalue weighted by Crippen LogP contribution is 2.35. The number of benzene rings is 3. The molecule has 1 aliphatic rings. The van der Waals surface area contributed by atoms with Crippen LogP contribution in [0.5, 0.6) is 0 Å². The highest BCUT2D eigenvalue weighted by atomic mass is 32.2. The molecule has 5 aromatic rings. The molecule has 0 spiro atoms. The maximum atomic E-state index is 13.8. The smallest absolute Gasteiger partial charge is 0.253 e. The molecule has 8 nitrogen and oxygen atoms in total. The summed E-state index contributed by atoms with van der Waals surface area (Å²) >= 11 is 2.94. The fourth-order valence-electron chi connectivity index (χ4n) is 4.96. The van der Waals surface area contributed by atoms with E-state index in [0.717, 1.165) is 27.4 Å². The summed E-state index contributed by atoms with van der Waals surface area (Å²) in [4.78, 5) is 27.6. The summed E-state index contributed by atoms with van der Waals surface area (Å²) in [5.41, 5.74) is 5.64. The Balaban J connectivity index is 1.24. The number of thioether (sulfide) groups is 1. The molecule has 0 unspecified atom stereocenters. The third kappa shape index (κ3) is 6.45. The van der Waals surface area contributed by atoms with Crippen LogP contribution in [-0.2, 0) is 11.3 Å². The minimum Gasteiger partial charge on any atom is -0.345 e. The lowest BCUT2D eigenvalue weighted by Gasteiger charge is -2.22. The number of thiophene rings is 1. The molecule has 1 atom stereocenters. The SMILES string of the molecule is Cc1ccc([C@@H]2CC(c3cccs3)=NN2C(=O)CSc2nnc(CNC(=O)c3ccccc3)n2-c2cccc(C)c2)cc1. The fraction of sp³-hybridized carbons (Fsp3) is 0.182. The fourth-order valence-corrected chi connectivity index (χ4v) is 6.50. The van der Waals surface area contributed by atoms with Gasteiger partial charge in [0.25, 0.3) is 11.8 Å². The van der Waals surface area contributed by atoms with Crippen molar-refractivity contribution in [1.82, 2.24) is 25.1 Å². The summed E-state index contributed by atoms with van der Waals surface area (Å²) in [7, 11) is 0. The number of carbonyl (C=O) groups excluding carboxylic acids is 2. The molecule has 2 amide bonds. The maximum Gasteiger partial charge on any atom is 0.253 e. The van der Waals surface area contributed by atoms with Crippen molar-refractivity contribution in [3.8, 4) is 5.69 Å². The van der Waals surface area contributed by atoms with Crippen LogP contribution in [0.25, 0.3) is 5.69 Å². The van der Waals surface area contributed by atoms with E-state index in [2.05, 4.69) is 46.7 Å². The molecule has 3 aromatic carbocycles. The highest BCUT2D eigenvalue weighted by molar-refractivity contribution is 7.99. The molecule has 0 aliphatic carbocycles. The molecule has 10 heteroatoms. The molecule has 6 rings (SSSR count). The zero-order chi connectivity index (χ0) is 29.8. The predicted octanol–water partition coefficient (Wildman–Crippen LogP) is 6.35. The van der Waals surface area contributed by atoms with Gasteiger partial charge in [-0.25, -0.2) is 5.01 Å². The number of carbonyl (C=O) groups is 2. The number of amides is 2. The normalized spacial score (nSPS) is 14.5. The number of aromatic nitrogens is 3. The standard InChI is InChI=1S/C33H30N6O2S2/c1-22-13-15-24(16-14-22)28-19-27(29-12-7-17-42-29)37-39(28)31(40)21-43-33-36-35-30(38(33)26-11-6-8-23(2)18-26)20-34-32(41)25-9-4-3-5-10-25/h3-18,28H,19-21H2,1-2H3,(H,34,41)/t28-/m0/s1. The summed E-state index contributed by atoms with van der Waals surface area (Å²) in [6.45, 7) is 4.25. The van der Waals surface area contributed by atoms with Crippen molar-refractivity contribution in [1.29, 1.82) is 0 Å². The van der Waals surface area contributed by atoms with E-state index < -0.39 is 0 Å². The van der Waals surface area contributed by atoms with E-state index in [4.69, 9.17) is 5.10 Å². The van der Waals surface area contributed by atoms with Crippen molar-refractivity contribution >= 4 is 40.6 Å². The molecule has 0 radical (unpaired) electrons. The molecular formula is C33H30N6O2S2. The second kappa shape index (κ2) is 12.8. The van der Waals surface area contributed by atoms with E-state index in [-0.39, 0.29) is 30.2 Å². The van der Waals surface area contributed by atoms with Gasteiger partial charge in [0.15, 0.2) is 11.0 Å². The van der Waals surface area contributed by atoms with Crippen molar-refractivity contribution in [2.45, 2.75) is 38.0 Å². The lowest BCUT2D eigenvalue weighted by Crippen LogP contribution is -2.28. The zero-order valence-corrected chi connectivity index (χ0v) is 25.4. The minimum atomic E-state index is -0.195. The first-order valence-corrected chi connectivity index (χ1v) is 15.8. The largest absolute Gasteiger partial charge is 0.345 e. The van der Waals surface area contributed by atoms with Crippen LogP contribution in [0.4, 0.5) is 0 Å². The average Bonchev–Trinajstić information content (AvgIpc) is 3.80. The number of nitrogens with one attached hydrogen (secondary N) is 1. The van der Waals surface area contributed by atoms with Gasteiger partial charge in [-0.05, 0) is 60.7 Å². The second-order valence-electron chi connectivity index (χ2n) is 10.3. The Morgan fingerprint density at radius 2 is 1.74 bits per heavy atom. The van der Waals surface area contributed by atoms with Crippen molar-refractivity contribution in [3.63, 3.8) is 0 Å². The van der Waals surface area contributed by atoms with Crippen LogP contribution in [0.3, 0.4) is 0 Å². The van der Waals surface area contributed by atoms with Crippen LogP contribution < -0.4 is 5.32 Å². The van der Waals surface area contributed by atoms with Crippen LogP contribution in [-0.4, -0.2) is 43.1 Å². The van der Waals surface area contributed by atoms with Gasteiger partial charge < -0.3 is 5.32 Å². The number of hydrazone groups is 1. The Bertz CT molecular complexity index is 1760. The molecular weight excluding hydrogens is 577 g/mol. The van der Waals surface area contributed by atoms with E-state index in [0.29, 0.717) is 23.0 Å². The van der Waals surface area contributed by atoms with E-state index >= 15 is 0 Å². The summed E-state index contributed by atoms with van der Waals surface area (Å²) in [5, 5.41) is 20.8. The quantitative estimate of drug-likeness (QED) is 0.198. The number of hydrogen-bond donors (Lipinski definition) is 1. The lowest BCUT2D eigenvalue weighted by atomic mass is 10.00. The highest BCUT2D eigenvalue weighted by Gasteiger charge is 2.33. The van der Waals surface area contributed by atoms with Crippen molar-refractivity contribution < 1.29 is 9.59 Å².